The van der Waals surface area contributed by atoms with E-state index in [1.54, 1.807) is 0 Å². The van der Waals surface area contributed by atoms with Gasteiger partial charge in [0.05, 0.1) is 7.11 Å². The van der Waals surface area contributed by atoms with Crippen LogP contribution in [0.25, 0.3) is 0 Å². The van der Waals surface area contributed by atoms with Gasteiger partial charge in [0, 0.05) is 5.56 Å². The highest BCUT2D eigenvalue weighted by atomic mass is 16.5. The van der Waals surface area contributed by atoms with E-state index >= 15 is 0 Å². The Bertz CT molecular complexity index is 344. The van der Waals surface area contributed by atoms with Crippen LogP contribution in [0.3, 0.4) is 0 Å². The Hall–Kier alpha value is -1.71. The number of phenolic OH excluding ortho intramolecular Hbond substituents is 2. The zero-order chi connectivity index (χ0) is 10.0. The number of hydrogen-bond acceptors (Lipinski definition) is 4. The molecule has 0 saturated carbocycles. The average molecular weight is 182 g/mol. The van der Waals surface area contributed by atoms with E-state index in [4.69, 9.17) is 0 Å². The molecule has 4 nitrogen and oxygen atoms in total. The van der Waals surface area contributed by atoms with Gasteiger partial charge in [0.1, 0.15) is 17.1 Å². The fraction of sp³-hybridized carbons (Fsp3) is 0.222. The number of carbonyl (C=O) groups excluding carboxylic acids is 1. The summed E-state index contributed by atoms with van der Waals surface area (Å²) in [7, 11) is 1.21. The van der Waals surface area contributed by atoms with Gasteiger partial charge in [-0.25, -0.2) is 4.79 Å². The van der Waals surface area contributed by atoms with Gasteiger partial charge in [-0.05, 0) is 19.1 Å². The highest BCUT2D eigenvalue weighted by molar-refractivity contribution is 5.94. The molecule has 0 spiro atoms. The molecule has 0 atom stereocenters. The summed E-state index contributed by atoms with van der Waals surface area (Å²) in [5.74, 6) is -0.897. The maximum Gasteiger partial charge on any atom is 0.342 e. The van der Waals surface area contributed by atoms with Crippen LogP contribution in [0, 0.1) is 6.92 Å². The topological polar surface area (TPSA) is 66.8 Å². The molecule has 0 radical (unpaired) electrons. The summed E-state index contributed by atoms with van der Waals surface area (Å²) in [5.41, 5.74) is 0.314. The lowest BCUT2D eigenvalue weighted by atomic mass is 10.1. The predicted octanol–water partition coefficient (Wildman–Crippen LogP) is 1.19. The van der Waals surface area contributed by atoms with Gasteiger partial charge in [-0.3, -0.25) is 0 Å². The third kappa shape index (κ3) is 1.56. The van der Waals surface area contributed by atoms with Crippen molar-refractivity contribution in [1.29, 1.82) is 0 Å². The van der Waals surface area contributed by atoms with Gasteiger partial charge >= 0.3 is 5.97 Å². The number of carbonyl (C=O) groups is 1. The van der Waals surface area contributed by atoms with Crippen molar-refractivity contribution >= 4 is 5.97 Å². The third-order valence-corrected chi connectivity index (χ3v) is 1.80. The third-order valence-electron chi connectivity index (χ3n) is 1.80. The molecule has 0 fully saturated rings. The summed E-state index contributed by atoms with van der Waals surface area (Å²) in [6.45, 7) is 1.53. The Morgan fingerprint density at radius 2 is 1.85 bits per heavy atom. The van der Waals surface area contributed by atoms with Crippen molar-refractivity contribution in [3.05, 3.63) is 23.3 Å². The van der Waals surface area contributed by atoms with E-state index in [-0.39, 0.29) is 17.1 Å². The summed E-state index contributed by atoms with van der Waals surface area (Å²) >= 11 is 0. The predicted molar refractivity (Wildman–Crippen MR) is 45.8 cm³/mol. The monoisotopic (exact) mass is 182 g/mol. The zero-order valence-corrected chi connectivity index (χ0v) is 7.37. The molecule has 70 valence electrons. The molecule has 1 aromatic rings. The Kier molecular flexibility index (Phi) is 2.41. The van der Waals surface area contributed by atoms with Crippen LogP contribution in [0.1, 0.15) is 15.9 Å². The van der Waals surface area contributed by atoms with E-state index in [1.807, 2.05) is 0 Å². The van der Waals surface area contributed by atoms with Gasteiger partial charge in [0.2, 0.25) is 0 Å². The van der Waals surface area contributed by atoms with Gasteiger partial charge in [-0.15, -0.1) is 0 Å². The zero-order valence-electron chi connectivity index (χ0n) is 7.37. The number of hydrogen-bond donors (Lipinski definition) is 2. The van der Waals surface area contributed by atoms with Gasteiger partial charge in [0.15, 0.2) is 0 Å². The first kappa shape index (κ1) is 9.38. The summed E-state index contributed by atoms with van der Waals surface area (Å²) in [5, 5.41) is 18.6. The van der Waals surface area contributed by atoms with Crippen LogP contribution >= 0.6 is 0 Å². The Morgan fingerprint density at radius 3 is 2.38 bits per heavy atom. The Balaban J connectivity index is 3.33. The molecule has 2 N–H and O–H groups in total. The Labute approximate surface area is 75.4 Å². The van der Waals surface area contributed by atoms with Crippen LogP contribution in [0.2, 0.25) is 0 Å². The molecular formula is C9H10O4. The molecular weight excluding hydrogens is 172 g/mol. The maximum absolute atomic E-state index is 11.1. The first-order valence-electron chi connectivity index (χ1n) is 3.67. The second-order valence-electron chi connectivity index (χ2n) is 2.60. The van der Waals surface area contributed by atoms with Crippen LogP contribution in [0.4, 0.5) is 0 Å². The molecule has 0 bridgehead atoms. The minimum atomic E-state index is -0.661. The van der Waals surface area contributed by atoms with Crippen molar-refractivity contribution in [2.75, 3.05) is 7.11 Å². The maximum atomic E-state index is 11.1. The second kappa shape index (κ2) is 3.35. The standard InChI is InChI=1S/C9H10O4/c1-5-6(10)3-4-7(11)8(5)9(12)13-2/h3-4,10-11H,1-2H3. The molecule has 0 amide bonds. The van der Waals surface area contributed by atoms with Crippen molar-refractivity contribution in [2.45, 2.75) is 6.92 Å². The summed E-state index contributed by atoms with van der Waals surface area (Å²) in [4.78, 5) is 11.1. The number of benzene rings is 1. The first-order valence-corrected chi connectivity index (χ1v) is 3.67. The van der Waals surface area contributed by atoms with Gasteiger partial charge < -0.3 is 14.9 Å². The number of rotatable bonds is 1. The molecule has 0 aliphatic heterocycles. The smallest absolute Gasteiger partial charge is 0.342 e. The minimum Gasteiger partial charge on any atom is -0.508 e. The van der Waals surface area contributed by atoms with E-state index in [2.05, 4.69) is 4.74 Å². The average Bonchev–Trinajstić information content (AvgIpc) is 2.12. The van der Waals surface area contributed by atoms with Crippen molar-refractivity contribution < 1.29 is 19.7 Å². The molecule has 4 heteroatoms. The van der Waals surface area contributed by atoms with Crippen molar-refractivity contribution in [3.8, 4) is 11.5 Å². The van der Waals surface area contributed by atoms with Gasteiger partial charge in [-0.1, -0.05) is 0 Å². The lowest BCUT2D eigenvalue weighted by Crippen LogP contribution is -2.04. The van der Waals surface area contributed by atoms with Crippen molar-refractivity contribution in [3.63, 3.8) is 0 Å². The lowest BCUT2D eigenvalue weighted by Gasteiger charge is -2.07. The first-order chi connectivity index (χ1) is 6.07. The molecule has 0 heterocycles. The van der Waals surface area contributed by atoms with Crippen LogP contribution in [-0.2, 0) is 4.74 Å². The van der Waals surface area contributed by atoms with E-state index in [0.29, 0.717) is 5.56 Å². The fourth-order valence-electron chi connectivity index (χ4n) is 1.05. The molecule has 1 aromatic carbocycles. The second-order valence-corrected chi connectivity index (χ2v) is 2.60. The molecule has 0 unspecified atom stereocenters. The van der Waals surface area contributed by atoms with E-state index < -0.39 is 5.97 Å². The highest BCUT2D eigenvalue weighted by Crippen LogP contribution is 2.28. The van der Waals surface area contributed by atoms with Crippen molar-refractivity contribution in [1.82, 2.24) is 0 Å². The SMILES string of the molecule is COC(=O)c1c(O)ccc(O)c1C. The lowest BCUT2D eigenvalue weighted by molar-refractivity contribution is 0.0596. The molecule has 0 aliphatic rings. The van der Waals surface area contributed by atoms with Crippen LogP contribution in [0.5, 0.6) is 11.5 Å². The molecule has 0 aromatic heterocycles. The van der Waals surface area contributed by atoms with E-state index in [1.165, 1.54) is 26.2 Å². The molecule has 1 rings (SSSR count). The van der Waals surface area contributed by atoms with Crippen LogP contribution in [-0.4, -0.2) is 23.3 Å². The number of aromatic hydroxyl groups is 2. The molecule has 0 saturated heterocycles. The largest absolute Gasteiger partial charge is 0.508 e. The normalized spacial score (nSPS) is 9.69. The molecule has 0 aliphatic carbocycles. The van der Waals surface area contributed by atoms with Crippen molar-refractivity contribution in [2.24, 2.45) is 0 Å². The minimum absolute atomic E-state index is 0.00231. The summed E-state index contributed by atoms with van der Waals surface area (Å²) in [6.07, 6.45) is 0. The van der Waals surface area contributed by atoms with Gasteiger partial charge in [0.25, 0.3) is 0 Å². The fourth-order valence-corrected chi connectivity index (χ4v) is 1.05. The van der Waals surface area contributed by atoms with E-state index in [9.17, 15) is 15.0 Å². The van der Waals surface area contributed by atoms with Gasteiger partial charge in [-0.2, -0.15) is 0 Å². The number of esters is 1. The van der Waals surface area contributed by atoms with Crippen LogP contribution < -0.4 is 0 Å². The Morgan fingerprint density at radius 1 is 1.31 bits per heavy atom. The number of ether oxygens (including phenoxy) is 1. The summed E-state index contributed by atoms with van der Waals surface area (Å²) < 4.78 is 4.44. The molecule has 13 heavy (non-hydrogen) atoms. The van der Waals surface area contributed by atoms with Crippen LogP contribution in [0.15, 0.2) is 12.1 Å². The van der Waals surface area contributed by atoms with E-state index in [0.717, 1.165) is 0 Å². The summed E-state index contributed by atoms with van der Waals surface area (Å²) in [6, 6.07) is 2.56. The number of phenols is 2. The number of methoxy groups -OCH3 is 1. The quantitative estimate of drug-likeness (QED) is 0.505. The highest BCUT2D eigenvalue weighted by Gasteiger charge is 2.16.